The highest BCUT2D eigenvalue weighted by atomic mass is 16.4. The summed E-state index contributed by atoms with van der Waals surface area (Å²) in [4.78, 5) is 13.2. The Balaban J connectivity index is 1.95. The molecule has 4 heteroatoms. The maximum atomic E-state index is 11.0. The van der Waals surface area contributed by atoms with Gasteiger partial charge in [-0.2, -0.15) is 0 Å². The lowest BCUT2D eigenvalue weighted by Gasteiger charge is -2.33. The molecule has 1 aromatic carbocycles. The molecule has 2 atom stereocenters. The highest BCUT2D eigenvalue weighted by molar-refractivity contribution is 5.73. The number of carbonyl (C=O) groups is 1. The molecule has 2 heterocycles. The van der Waals surface area contributed by atoms with Crippen LogP contribution in [0.5, 0.6) is 5.75 Å². The number of phenolic OH excluding ortho intramolecular Hbond substituents is 1. The Labute approximate surface area is 99.5 Å². The molecule has 0 amide bonds. The third kappa shape index (κ3) is 1.64. The molecule has 4 nitrogen and oxygen atoms in total. The average molecular weight is 233 g/mol. The van der Waals surface area contributed by atoms with E-state index >= 15 is 0 Å². The second-order valence-corrected chi connectivity index (χ2v) is 4.93. The third-order valence-electron chi connectivity index (χ3n) is 3.89. The molecule has 0 aliphatic carbocycles. The van der Waals surface area contributed by atoms with Crippen molar-refractivity contribution in [1.82, 2.24) is 0 Å². The van der Waals surface area contributed by atoms with Gasteiger partial charge < -0.3 is 15.1 Å². The molecule has 1 fully saturated rings. The van der Waals surface area contributed by atoms with Crippen molar-refractivity contribution < 1.29 is 15.0 Å². The summed E-state index contributed by atoms with van der Waals surface area (Å²) >= 11 is 0. The molecular formula is C13H15NO3. The van der Waals surface area contributed by atoms with Gasteiger partial charge in [0.05, 0.1) is 5.92 Å². The molecule has 0 spiro atoms. The summed E-state index contributed by atoms with van der Waals surface area (Å²) < 4.78 is 0. The number of benzene rings is 1. The van der Waals surface area contributed by atoms with Crippen molar-refractivity contribution in [3.63, 3.8) is 0 Å². The zero-order chi connectivity index (χ0) is 12.0. The van der Waals surface area contributed by atoms with E-state index in [1.807, 2.05) is 6.07 Å². The highest BCUT2D eigenvalue weighted by Crippen LogP contribution is 2.39. The molecule has 2 aliphatic rings. The Kier molecular flexibility index (Phi) is 2.24. The van der Waals surface area contributed by atoms with Crippen molar-refractivity contribution in [2.75, 3.05) is 11.4 Å². The number of hydrogen-bond acceptors (Lipinski definition) is 3. The number of nitrogens with zero attached hydrogens (tertiary/aromatic N) is 1. The van der Waals surface area contributed by atoms with E-state index < -0.39 is 5.97 Å². The second-order valence-electron chi connectivity index (χ2n) is 4.93. The summed E-state index contributed by atoms with van der Waals surface area (Å²) in [5.74, 6) is -0.724. The summed E-state index contributed by atoms with van der Waals surface area (Å²) in [6.07, 6.45) is 2.72. The quantitative estimate of drug-likeness (QED) is 0.773. The molecule has 90 valence electrons. The van der Waals surface area contributed by atoms with Crippen LogP contribution in [0.25, 0.3) is 0 Å². The minimum Gasteiger partial charge on any atom is -0.508 e. The largest absolute Gasteiger partial charge is 0.508 e. The number of aryl methyl sites for hydroxylation is 1. The van der Waals surface area contributed by atoms with Crippen molar-refractivity contribution in [2.45, 2.75) is 25.3 Å². The number of phenols is 1. The van der Waals surface area contributed by atoms with E-state index in [0.29, 0.717) is 12.6 Å². The summed E-state index contributed by atoms with van der Waals surface area (Å²) in [6.45, 7) is 0.566. The summed E-state index contributed by atoms with van der Waals surface area (Å²) in [7, 11) is 0. The maximum absolute atomic E-state index is 11.0. The summed E-state index contributed by atoms with van der Waals surface area (Å²) in [5.41, 5.74) is 2.23. The van der Waals surface area contributed by atoms with Gasteiger partial charge in [-0.25, -0.2) is 0 Å². The van der Waals surface area contributed by atoms with Gasteiger partial charge in [-0.15, -0.1) is 0 Å². The fraction of sp³-hybridized carbons (Fsp3) is 0.462. The maximum Gasteiger partial charge on any atom is 0.308 e. The molecule has 1 aromatic rings. The molecule has 2 aliphatic heterocycles. The van der Waals surface area contributed by atoms with Crippen LogP contribution in [-0.2, 0) is 11.2 Å². The Morgan fingerprint density at radius 1 is 1.41 bits per heavy atom. The molecule has 0 saturated carbocycles. The van der Waals surface area contributed by atoms with Crippen LogP contribution in [-0.4, -0.2) is 28.8 Å². The zero-order valence-electron chi connectivity index (χ0n) is 9.47. The highest BCUT2D eigenvalue weighted by Gasteiger charge is 2.38. The van der Waals surface area contributed by atoms with Gasteiger partial charge in [-0.05, 0) is 30.9 Å². The van der Waals surface area contributed by atoms with E-state index in [0.717, 1.165) is 24.9 Å². The van der Waals surface area contributed by atoms with Crippen LogP contribution >= 0.6 is 0 Å². The molecule has 0 bridgehead atoms. The molecule has 1 saturated heterocycles. The normalized spacial score (nSPS) is 26.5. The fourth-order valence-electron chi connectivity index (χ4n) is 3.02. The number of fused-ring (bicyclic) bond motifs is 3. The van der Waals surface area contributed by atoms with E-state index in [1.54, 1.807) is 12.1 Å². The smallest absolute Gasteiger partial charge is 0.308 e. The van der Waals surface area contributed by atoms with Gasteiger partial charge in [0.2, 0.25) is 0 Å². The number of aromatic hydroxyl groups is 1. The lowest BCUT2D eigenvalue weighted by atomic mass is 9.95. The van der Waals surface area contributed by atoms with E-state index in [4.69, 9.17) is 5.11 Å². The standard InChI is InChI=1S/C13H15NO3/c15-11-4-2-8-1-3-10-5-9(13(16)17)7-14(10)12(8)6-11/h2,4,6,9-10,15H,1,3,5,7H2,(H,16,17). The predicted octanol–water partition coefficient (Wildman–Crippen LogP) is 1.62. The molecule has 2 N–H and O–H groups in total. The molecule has 0 aromatic heterocycles. The Hall–Kier alpha value is -1.71. The van der Waals surface area contributed by atoms with Gasteiger partial charge in [0.25, 0.3) is 0 Å². The van der Waals surface area contributed by atoms with Gasteiger partial charge in [0.1, 0.15) is 5.75 Å². The third-order valence-corrected chi connectivity index (χ3v) is 3.89. The van der Waals surface area contributed by atoms with Crippen LogP contribution in [0.2, 0.25) is 0 Å². The molecular weight excluding hydrogens is 218 g/mol. The Morgan fingerprint density at radius 2 is 2.24 bits per heavy atom. The van der Waals surface area contributed by atoms with Crippen molar-refractivity contribution >= 4 is 11.7 Å². The second kappa shape index (κ2) is 3.65. The van der Waals surface area contributed by atoms with Crippen LogP contribution < -0.4 is 4.90 Å². The van der Waals surface area contributed by atoms with Gasteiger partial charge in [0, 0.05) is 24.3 Å². The van der Waals surface area contributed by atoms with Crippen molar-refractivity contribution in [3.8, 4) is 5.75 Å². The lowest BCUT2D eigenvalue weighted by Crippen LogP contribution is -2.34. The Morgan fingerprint density at radius 3 is 3.00 bits per heavy atom. The van der Waals surface area contributed by atoms with E-state index in [-0.39, 0.29) is 11.7 Å². The first-order chi connectivity index (χ1) is 8.15. The van der Waals surface area contributed by atoms with Gasteiger partial charge in [0.15, 0.2) is 0 Å². The van der Waals surface area contributed by atoms with Crippen LogP contribution in [0, 0.1) is 5.92 Å². The molecule has 0 radical (unpaired) electrons. The average Bonchev–Trinajstić information content (AvgIpc) is 2.73. The fourth-order valence-corrected chi connectivity index (χ4v) is 3.02. The lowest BCUT2D eigenvalue weighted by molar-refractivity contribution is -0.141. The van der Waals surface area contributed by atoms with Gasteiger partial charge in [-0.1, -0.05) is 6.07 Å². The minimum absolute atomic E-state index is 0.253. The zero-order valence-corrected chi connectivity index (χ0v) is 9.47. The number of carboxylic acids is 1. The summed E-state index contributed by atoms with van der Waals surface area (Å²) in [5, 5.41) is 18.6. The van der Waals surface area contributed by atoms with Crippen LogP contribution in [0.3, 0.4) is 0 Å². The van der Waals surface area contributed by atoms with E-state index in [2.05, 4.69) is 4.90 Å². The number of carboxylic acid groups (broad SMARTS) is 1. The van der Waals surface area contributed by atoms with Gasteiger partial charge >= 0.3 is 5.97 Å². The molecule has 17 heavy (non-hydrogen) atoms. The minimum atomic E-state index is -0.707. The van der Waals surface area contributed by atoms with Crippen LogP contribution in [0.1, 0.15) is 18.4 Å². The van der Waals surface area contributed by atoms with E-state index in [9.17, 15) is 9.90 Å². The number of aliphatic carboxylic acids is 1. The first-order valence-corrected chi connectivity index (χ1v) is 5.96. The monoisotopic (exact) mass is 233 g/mol. The summed E-state index contributed by atoms with van der Waals surface area (Å²) in [6, 6.07) is 5.72. The Bertz CT molecular complexity index is 472. The SMILES string of the molecule is O=C(O)C1CC2CCc3ccc(O)cc3N2C1. The van der Waals surface area contributed by atoms with Crippen molar-refractivity contribution in [3.05, 3.63) is 23.8 Å². The number of rotatable bonds is 1. The number of hydrogen-bond donors (Lipinski definition) is 2. The topological polar surface area (TPSA) is 60.8 Å². The van der Waals surface area contributed by atoms with Crippen molar-refractivity contribution in [1.29, 1.82) is 0 Å². The first-order valence-electron chi connectivity index (χ1n) is 5.96. The van der Waals surface area contributed by atoms with Crippen LogP contribution in [0.4, 0.5) is 5.69 Å². The van der Waals surface area contributed by atoms with Crippen molar-refractivity contribution in [2.24, 2.45) is 5.92 Å². The predicted molar refractivity (Wildman–Crippen MR) is 63.3 cm³/mol. The van der Waals surface area contributed by atoms with Crippen LogP contribution in [0.15, 0.2) is 18.2 Å². The van der Waals surface area contributed by atoms with E-state index in [1.165, 1.54) is 5.56 Å². The first kappa shape index (κ1) is 10.4. The number of anilines is 1. The molecule has 2 unspecified atom stereocenters. The molecule has 3 rings (SSSR count). The van der Waals surface area contributed by atoms with Gasteiger partial charge in [-0.3, -0.25) is 4.79 Å².